The van der Waals surface area contributed by atoms with Crippen LogP contribution in [-0.4, -0.2) is 29.7 Å². The average molecular weight is 498 g/mol. The number of hydrogen-bond acceptors (Lipinski definition) is 5. The van der Waals surface area contributed by atoms with Gasteiger partial charge in [0.15, 0.2) is 5.82 Å². The Labute approximate surface area is 197 Å². The molecular weight excluding hydrogens is 478 g/mol. The van der Waals surface area contributed by atoms with Crippen molar-refractivity contribution < 1.29 is 32.2 Å². The van der Waals surface area contributed by atoms with Gasteiger partial charge in [-0.25, -0.2) is 9.37 Å². The first kappa shape index (κ1) is 25.3. The molecule has 0 saturated carbocycles. The third-order valence-corrected chi connectivity index (χ3v) is 5.14. The summed E-state index contributed by atoms with van der Waals surface area (Å²) in [4.78, 5) is 16.3. The highest BCUT2D eigenvalue weighted by molar-refractivity contribution is 6.33. The molecule has 2 aromatic carbocycles. The molecule has 0 saturated heterocycles. The molecule has 0 atom stereocenters. The molecule has 1 amide bonds. The highest BCUT2D eigenvalue weighted by Gasteiger charge is 2.33. The van der Waals surface area contributed by atoms with Crippen molar-refractivity contribution in [1.29, 1.82) is 0 Å². The van der Waals surface area contributed by atoms with Crippen LogP contribution in [0.15, 0.2) is 48.7 Å². The fraction of sp³-hybridized carbons (Fsp3) is 0.217. The Kier molecular flexibility index (Phi) is 7.95. The number of benzene rings is 2. The van der Waals surface area contributed by atoms with Crippen molar-refractivity contribution in [3.05, 3.63) is 76.2 Å². The number of halogens is 5. The molecule has 0 spiro atoms. The molecule has 180 valence electrons. The second-order valence-corrected chi connectivity index (χ2v) is 7.59. The molecule has 0 fully saturated rings. The lowest BCUT2D eigenvalue weighted by molar-refractivity contribution is -0.139. The van der Waals surface area contributed by atoms with E-state index in [0.717, 1.165) is 23.1 Å². The SMILES string of the molecule is Cc1cccc2c1OCCN2c1ncc(CO)cc1Cl.O=CNc1ccc(C(F)(F)F)c(F)c1. The number of aromatic nitrogens is 1. The molecule has 1 aromatic heterocycles. The molecule has 0 bridgehead atoms. The van der Waals surface area contributed by atoms with Crippen molar-refractivity contribution in [2.24, 2.45) is 0 Å². The van der Waals surface area contributed by atoms with Crippen LogP contribution in [0.25, 0.3) is 0 Å². The summed E-state index contributed by atoms with van der Waals surface area (Å²) in [7, 11) is 0. The maximum absolute atomic E-state index is 12.8. The van der Waals surface area contributed by atoms with Crippen LogP contribution in [-0.2, 0) is 17.6 Å². The van der Waals surface area contributed by atoms with Crippen LogP contribution in [0.2, 0.25) is 5.02 Å². The van der Waals surface area contributed by atoms with E-state index >= 15 is 0 Å². The second-order valence-electron chi connectivity index (χ2n) is 7.18. The average Bonchev–Trinajstić information content (AvgIpc) is 2.79. The van der Waals surface area contributed by atoms with Gasteiger partial charge in [-0.15, -0.1) is 0 Å². The summed E-state index contributed by atoms with van der Waals surface area (Å²) < 4.78 is 54.6. The largest absolute Gasteiger partial charge is 0.489 e. The highest BCUT2D eigenvalue weighted by atomic mass is 35.5. The number of amides is 1. The number of hydrogen-bond donors (Lipinski definition) is 2. The van der Waals surface area contributed by atoms with Gasteiger partial charge in [0, 0.05) is 11.9 Å². The quantitative estimate of drug-likeness (QED) is 0.369. The smallest absolute Gasteiger partial charge is 0.419 e. The number of pyridine rings is 1. The van der Waals surface area contributed by atoms with Crippen molar-refractivity contribution in [3.8, 4) is 5.75 Å². The van der Waals surface area contributed by atoms with E-state index in [2.05, 4.69) is 9.88 Å². The molecule has 2 heterocycles. The van der Waals surface area contributed by atoms with Gasteiger partial charge in [-0.05, 0) is 48.4 Å². The number of carbonyl (C=O) groups is 1. The Morgan fingerprint density at radius 3 is 2.65 bits per heavy atom. The molecule has 1 aliphatic heterocycles. The van der Waals surface area contributed by atoms with E-state index in [1.54, 1.807) is 12.3 Å². The van der Waals surface area contributed by atoms with Crippen molar-refractivity contribution >= 4 is 35.2 Å². The number of aliphatic hydroxyl groups excluding tert-OH is 1. The molecule has 0 radical (unpaired) electrons. The maximum atomic E-state index is 12.8. The van der Waals surface area contributed by atoms with Crippen molar-refractivity contribution in [2.45, 2.75) is 19.7 Å². The van der Waals surface area contributed by atoms with E-state index in [4.69, 9.17) is 21.4 Å². The summed E-state index contributed by atoms with van der Waals surface area (Å²) in [6.07, 6.45) is -2.82. The fourth-order valence-corrected chi connectivity index (χ4v) is 3.57. The molecule has 0 unspecified atom stereocenters. The van der Waals surface area contributed by atoms with Gasteiger partial charge >= 0.3 is 6.18 Å². The first-order chi connectivity index (χ1) is 16.2. The van der Waals surface area contributed by atoms with Gasteiger partial charge in [-0.3, -0.25) is 4.79 Å². The van der Waals surface area contributed by atoms with Crippen molar-refractivity contribution in [1.82, 2.24) is 4.98 Å². The van der Waals surface area contributed by atoms with Gasteiger partial charge < -0.3 is 20.1 Å². The van der Waals surface area contributed by atoms with Crippen LogP contribution in [0.5, 0.6) is 5.75 Å². The Hall–Kier alpha value is -3.37. The number of nitrogens with zero attached hydrogens (tertiary/aromatic N) is 2. The number of para-hydroxylation sites is 1. The van der Waals surface area contributed by atoms with E-state index in [0.29, 0.717) is 41.7 Å². The van der Waals surface area contributed by atoms with E-state index < -0.39 is 17.6 Å². The second kappa shape index (κ2) is 10.7. The van der Waals surface area contributed by atoms with Gasteiger partial charge in [-0.2, -0.15) is 13.2 Å². The molecule has 11 heteroatoms. The molecule has 34 heavy (non-hydrogen) atoms. The van der Waals surface area contributed by atoms with Crippen LogP contribution >= 0.6 is 11.6 Å². The normalized spacial score (nSPS) is 12.7. The summed E-state index contributed by atoms with van der Waals surface area (Å²) in [5.41, 5.74) is 1.40. The molecule has 1 aliphatic rings. The Morgan fingerprint density at radius 1 is 1.26 bits per heavy atom. The Morgan fingerprint density at radius 2 is 2.03 bits per heavy atom. The van der Waals surface area contributed by atoms with E-state index in [-0.39, 0.29) is 18.7 Å². The van der Waals surface area contributed by atoms with E-state index in [9.17, 15) is 22.4 Å². The van der Waals surface area contributed by atoms with Gasteiger partial charge in [0.25, 0.3) is 0 Å². The lowest BCUT2D eigenvalue weighted by Gasteiger charge is -2.31. The number of aryl methyl sites for hydroxylation is 1. The molecule has 3 aromatic rings. The molecule has 0 aliphatic carbocycles. The van der Waals surface area contributed by atoms with Crippen LogP contribution in [0.1, 0.15) is 16.7 Å². The van der Waals surface area contributed by atoms with Crippen LogP contribution in [0.3, 0.4) is 0 Å². The minimum Gasteiger partial charge on any atom is -0.489 e. The number of anilines is 3. The molecular formula is C23H20ClF4N3O3. The lowest BCUT2D eigenvalue weighted by Crippen LogP contribution is -2.29. The van der Waals surface area contributed by atoms with Gasteiger partial charge in [0.1, 0.15) is 18.2 Å². The number of carbonyl (C=O) groups excluding carboxylic acids is 1. The van der Waals surface area contributed by atoms with E-state index in [1.165, 1.54) is 0 Å². The zero-order valence-electron chi connectivity index (χ0n) is 17.9. The van der Waals surface area contributed by atoms with Crippen LogP contribution in [0, 0.1) is 12.7 Å². The number of aliphatic hydroxyl groups is 1. The molecule has 6 nitrogen and oxygen atoms in total. The predicted molar refractivity (Wildman–Crippen MR) is 120 cm³/mol. The fourth-order valence-electron chi connectivity index (χ4n) is 3.27. The predicted octanol–water partition coefficient (Wildman–Crippen LogP) is 5.48. The number of rotatable bonds is 4. The highest BCUT2D eigenvalue weighted by Crippen LogP contribution is 2.40. The van der Waals surface area contributed by atoms with Crippen LogP contribution in [0.4, 0.5) is 34.8 Å². The molecule has 4 rings (SSSR count). The van der Waals surface area contributed by atoms with Crippen molar-refractivity contribution in [2.75, 3.05) is 23.4 Å². The summed E-state index contributed by atoms with van der Waals surface area (Å²) >= 11 is 6.29. The van der Waals surface area contributed by atoms with Gasteiger partial charge in [0.05, 0.1) is 29.4 Å². The first-order valence-electron chi connectivity index (χ1n) is 9.98. The zero-order chi connectivity index (χ0) is 24.9. The number of nitrogens with one attached hydrogen (secondary N) is 1. The third-order valence-electron chi connectivity index (χ3n) is 4.86. The topological polar surface area (TPSA) is 74.7 Å². The lowest BCUT2D eigenvalue weighted by atomic mass is 10.1. The number of fused-ring (bicyclic) bond motifs is 1. The minimum absolute atomic E-state index is 0.0227. The zero-order valence-corrected chi connectivity index (χ0v) is 18.6. The number of alkyl halides is 3. The number of ether oxygens (including phenoxy) is 1. The standard InChI is InChI=1S/C15H15ClN2O2.C8H5F4NO/c1-10-3-2-4-13-14(10)20-6-5-18(13)15-12(16)7-11(9-19)8-17-15;9-7-3-5(13-4-14)1-2-6(7)8(10,11)12/h2-4,7-8,19H,5-6,9H2,1H3;1-4H,(H,13,14). The Bertz CT molecular complexity index is 1170. The summed E-state index contributed by atoms with van der Waals surface area (Å²) in [6, 6.07) is 9.91. The summed E-state index contributed by atoms with van der Waals surface area (Å²) in [5, 5.41) is 11.7. The van der Waals surface area contributed by atoms with E-state index in [1.807, 2.05) is 30.4 Å². The Balaban J connectivity index is 0.000000204. The third kappa shape index (κ3) is 5.75. The summed E-state index contributed by atoms with van der Waals surface area (Å²) in [5.74, 6) is 0.159. The van der Waals surface area contributed by atoms with Gasteiger partial charge in [0.2, 0.25) is 6.41 Å². The summed E-state index contributed by atoms with van der Waals surface area (Å²) in [6.45, 7) is 3.25. The van der Waals surface area contributed by atoms with Crippen LogP contribution < -0.4 is 15.0 Å². The minimum atomic E-state index is -4.72. The monoisotopic (exact) mass is 497 g/mol. The van der Waals surface area contributed by atoms with Crippen molar-refractivity contribution in [3.63, 3.8) is 0 Å². The molecule has 2 N–H and O–H groups in total. The van der Waals surface area contributed by atoms with Gasteiger partial charge in [-0.1, -0.05) is 23.7 Å². The first-order valence-corrected chi connectivity index (χ1v) is 10.4. The maximum Gasteiger partial charge on any atom is 0.419 e.